The highest BCUT2D eigenvalue weighted by atomic mass is 32.1. The minimum atomic E-state index is -0.0888. The molecule has 4 atom stereocenters. The molecule has 0 saturated heterocycles. The lowest BCUT2D eigenvalue weighted by molar-refractivity contribution is 0.0264. The molecular formula is C67H75N3S. The first kappa shape index (κ1) is 45.5. The Hall–Kier alpha value is -5.32. The van der Waals surface area contributed by atoms with Crippen LogP contribution < -0.4 is 14.7 Å². The molecule has 0 bridgehead atoms. The minimum absolute atomic E-state index is 0.0331. The second kappa shape index (κ2) is 15.8. The Morgan fingerprint density at radius 3 is 1.63 bits per heavy atom. The van der Waals surface area contributed by atoms with Crippen LogP contribution in [0.4, 0.5) is 50.5 Å². The Morgan fingerprint density at radius 1 is 0.479 bits per heavy atom. The van der Waals surface area contributed by atoms with E-state index in [-0.39, 0.29) is 21.7 Å². The molecule has 3 fully saturated rings. The Kier molecular flexibility index (Phi) is 10.2. The molecule has 364 valence electrons. The van der Waals surface area contributed by atoms with Crippen molar-refractivity contribution < 1.29 is 0 Å². The summed E-state index contributed by atoms with van der Waals surface area (Å²) in [6.45, 7) is 26.0. The van der Waals surface area contributed by atoms with Crippen molar-refractivity contribution in [3.8, 4) is 11.1 Å². The molecule has 7 aromatic rings. The molecule has 0 radical (unpaired) electrons. The minimum Gasteiger partial charge on any atom is -0.306 e. The average molecular weight is 954 g/mol. The van der Waals surface area contributed by atoms with E-state index in [2.05, 4.69) is 206 Å². The number of anilines is 9. The van der Waals surface area contributed by atoms with Crippen LogP contribution >= 0.6 is 11.3 Å². The molecule has 0 N–H and O–H groups in total. The van der Waals surface area contributed by atoms with Crippen LogP contribution in [0.5, 0.6) is 0 Å². The van der Waals surface area contributed by atoms with Gasteiger partial charge in [0.2, 0.25) is 0 Å². The van der Waals surface area contributed by atoms with Crippen molar-refractivity contribution in [1.29, 1.82) is 0 Å². The van der Waals surface area contributed by atoms with Gasteiger partial charge in [0.25, 0.3) is 0 Å². The van der Waals surface area contributed by atoms with E-state index in [0.29, 0.717) is 5.92 Å². The van der Waals surface area contributed by atoms with Crippen LogP contribution in [0.15, 0.2) is 115 Å². The summed E-state index contributed by atoms with van der Waals surface area (Å²) in [5, 5.41) is 2.66. The van der Waals surface area contributed by atoms with Gasteiger partial charge in [0.1, 0.15) is 5.00 Å². The summed E-state index contributed by atoms with van der Waals surface area (Å²) in [4.78, 5) is 8.17. The lowest BCUT2D eigenvalue weighted by Crippen LogP contribution is -2.42. The maximum atomic E-state index is 2.76. The van der Waals surface area contributed by atoms with E-state index < -0.39 is 0 Å². The van der Waals surface area contributed by atoms with Crippen LogP contribution in [0.1, 0.15) is 173 Å². The van der Waals surface area contributed by atoms with Crippen molar-refractivity contribution in [2.45, 2.75) is 162 Å². The molecule has 3 nitrogen and oxygen atoms in total. The predicted octanol–water partition coefficient (Wildman–Crippen LogP) is 20.2. The van der Waals surface area contributed by atoms with Gasteiger partial charge >= 0.3 is 0 Å². The number of rotatable bonds is 3. The predicted molar refractivity (Wildman–Crippen MR) is 305 cm³/mol. The van der Waals surface area contributed by atoms with E-state index in [0.717, 1.165) is 23.7 Å². The quantitative estimate of drug-likeness (QED) is 0.175. The summed E-state index contributed by atoms with van der Waals surface area (Å²) in [5.41, 5.74) is 21.5. The first-order chi connectivity index (χ1) is 33.9. The molecule has 2 aliphatic heterocycles. The van der Waals surface area contributed by atoms with Crippen LogP contribution in [0.25, 0.3) is 21.2 Å². The van der Waals surface area contributed by atoms with E-state index in [4.69, 9.17) is 0 Å². The van der Waals surface area contributed by atoms with Crippen LogP contribution in [0.3, 0.4) is 0 Å². The Labute approximate surface area is 429 Å². The molecule has 6 aliphatic rings. The molecule has 0 spiro atoms. The zero-order chi connectivity index (χ0) is 49.1. The van der Waals surface area contributed by atoms with E-state index >= 15 is 0 Å². The molecule has 0 amide bonds. The Morgan fingerprint density at radius 2 is 1.03 bits per heavy atom. The third kappa shape index (κ3) is 6.99. The van der Waals surface area contributed by atoms with Gasteiger partial charge in [0.05, 0.1) is 34.1 Å². The first-order valence-electron chi connectivity index (χ1n) is 27.5. The number of thiophene rings is 1. The van der Waals surface area contributed by atoms with Crippen LogP contribution in [-0.2, 0) is 21.7 Å². The van der Waals surface area contributed by atoms with Gasteiger partial charge in [-0.1, -0.05) is 169 Å². The van der Waals surface area contributed by atoms with Crippen molar-refractivity contribution in [2.75, 3.05) is 14.7 Å². The highest BCUT2D eigenvalue weighted by Gasteiger charge is 2.49. The van der Waals surface area contributed by atoms with E-state index in [1.807, 2.05) is 11.3 Å². The van der Waals surface area contributed by atoms with Gasteiger partial charge in [0.15, 0.2) is 0 Å². The topological polar surface area (TPSA) is 9.72 Å². The molecule has 71 heavy (non-hydrogen) atoms. The van der Waals surface area contributed by atoms with Gasteiger partial charge in [0, 0.05) is 26.9 Å². The van der Waals surface area contributed by atoms with Crippen LogP contribution in [-0.4, -0.2) is 0 Å². The zero-order valence-corrected chi connectivity index (χ0v) is 45.3. The lowest BCUT2D eigenvalue weighted by atomic mass is 9.53. The maximum absolute atomic E-state index is 2.76. The highest BCUT2D eigenvalue weighted by molar-refractivity contribution is 7.24. The number of nitrogens with zero attached hydrogens (tertiary/aromatic N) is 3. The lowest BCUT2D eigenvalue weighted by Gasteiger charge is -2.52. The number of benzene rings is 6. The zero-order valence-electron chi connectivity index (χ0n) is 44.5. The molecule has 4 heteroatoms. The van der Waals surface area contributed by atoms with Crippen molar-refractivity contribution in [3.05, 3.63) is 149 Å². The summed E-state index contributed by atoms with van der Waals surface area (Å²) >= 11 is 2.00. The smallest absolute Gasteiger partial charge is 0.126 e. The van der Waals surface area contributed by atoms with Crippen molar-refractivity contribution in [1.82, 2.24) is 0 Å². The first-order valence-corrected chi connectivity index (χ1v) is 28.3. The molecule has 3 saturated carbocycles. The Bertz CT molecular complexity index is 3230. The number of fused-ring (bicyclic) bond motifs is 11. The van der Waals surface area contributed by atoms with E-state index in [9.17, 15) is 0 Å². The molecule has 13 rings (SSSR count). The van der Waals surface area contributed by atoms with E-state index in [1.54, 1.807) is 5.56 Å². The third-order valence-electron chi connectivity index (χ3n) is 18.7. The van der Waals surface area contributed by atoms with Crippen molar-refractivity contribution >= 4 is 71.9 Å². The second-order valence-corrected chi connectivity index (χ2v) is 27.5. The fourth-order valence-corrected chi connectivity index (χ4v) is 16.2. The van der Waals surface area contributed by atoms with Crippen molar-refractivity contribution in [2.24, 2.45) is 23.7 Å². The van der Waals surface area contributed by atoms with Gasteiger partial charge < -0.3 is 9.80 Å². The summed E-state index contributed by atoms with van der Waals surface area (Å²) in [6.07, 6.45) is 12.6. The molecular weight excluding hydrogens is 879 g/mol. The largest absolute Gasteiger partial charge is 0.306 e. The molecule has 4 aliphatic carbocycles. The molecule has 1 aromatic heterocycles. The van der Waals surface area contributed by atoms with Gasteiger partial charge in [-0.25, -0.2) is 0 Å². The molecule has 4 unspecified atom stereocenters. The van der Waals surface area contributed by atoms with Gasteiger partial charge in [-0.05, 0) is 170 Å². The van der Waals surface area contributed by atoms with Gasteiger partial charge in [-0.3, -0.25) is 4.90 Å². The molecule has 6 aromatic carbocycles. The standard InChI is InChI=1S/C67H75N3S/c1-64(2,3)43-24-29-46(30-25-43)68-55-33-28-45(66(7,8)9)37-56(55)70-62-57(68)35-42(60-48-20-14-12-18-40(48)34-41-19-13-15-21-49(41)60)36-58(62)69(47-31-26-44(27-32-47)65(4,5)6)61-52-38-51-50-22-16-17-23-53(50)67(10,11)54(51)39-59(52)71-63(61)70/h16-17,22-33,35-41,48-49,60H,12-15,18-21,34H2,1-11H3. The Balaban J connectivity index is 1.15. The fraction of sp³-hybridized carbons (Fsp3) is 0.433. The maximum Gasteiger partial charge on any atom is 0.126 e. The summed E-state index contributed by atoms with van der Waals surface area (Å²) in [7, 11) is 0. The molecule has 3 heterocycles. The fourth-order valence-electron chi connectivity index (χ4n) is 14.9. The van der Waals surface area contributed by atoms with Gasteiger partial charge in [-0.15, -0.1) is 11.3 Å². The number of hydrogen-bond acceptors (Lipinski definition) is 4. The highest BCUT2D eigenvalue weighted by Crippen LogP contribution is 2.69. The van der Waals surface area contributed by atoms with Crippen LogP contribution in [0, 0.1) is 23.7 Å². The normalized spacial score (nSPS) is 23.1. The monoisotopic (exact) mass is 954 g/mol. The van der Waals surface area contributed by atoms with Crippen LogP contribution in [0.2, 0.25) is 0 Å². The summed E-state index contributed by atoms with van der Waals surface area (Å²) in [6, 6.07) is 46.7. The van der Waals surface area contributed by atoms with E-state index in [1.165, 1.54) is 157 Å². The second-order valence-electron chi connectivity index (χ2n) is 26.5. The summed E-state index contributed by atoms with van der Waals surface area (Å²) < 4.78 is 1.36. The SMILES string of the molecule is CC(C)(C)c1ccc(N2c3ccc(C(C)(C)C)cc3N3c4sc5cc6c(cc5c4N(c4ccc(C(C)(C)C)cc4)c4cc(C5C7CCCCC7CC7CCCCC75)cc2c43)-c2ccccc2C6(C)C)cc1. The number of hydrogen-bond donors (Lipinski definition) is 0. The van der Waals surface area contributed by atoms with Crippen molar-refractivity contribution in [3.63, 3.8) is 0 Å². The average Bonchev–Trinajstić information content (AvgIpc) is 3.82. The summed E-state index contributed by atoms with van der Waals surface area (Å²) in [5.74, 6) is 3.69. The van der Waals surface area contributed by atoms with Gasteiger partial charge in [-0.2, -0.15) is 0 Å². The third-order valence-corrected chi connectivity index (χ3v) is 19.9.